The average molecular weight is 227 g/mol. The molecule has 2 unspecified atom stereocenters. The van der Waals surface area contributed by atoms with Crippen LogP contribution >= 0.6 is 12.6 Å². The Bertz CT molecular complexity index is 407. The first kappa shape index (κ1) is 10.5. The Balaban J connectivity index is 2.20. The molecule has 2 N–H and O–H groups in total. The van der Waals surface area contributed by atoms with Gasteiger partial charge in [-0.05, 0) is 18.9 Å². The zero-order valence-electron chi connectivity index (χ0n) is 8.17. The number of nitrogens with zero attached hydrogens (tertiary/aromatic N) is 2. The first-order valence-electron chi connectivity index (χ1n) is 4.81. The molecular weight excluding hydrogens is 214 g/mol. The SMILES string of the molecule is Nc1ccn(C2CCC(CS)O2)c(=O)n1. The van der Waals surface area contributed by atoms with Crippen LogP contribution in [0.2, 0.25) is 0 Å². The Labute approximate surface area is 92.7 Å². The van der Waals surface area contributed by atoms with Crippen LogP contribution in [0.1, 0.15) is 19.1 Å². The predicted octanol–water partition coefficient (Wildman–Crippen LogP) is 0.433. The fourth-order valence-electron chi connectivity index (χ4n) is 1.67. The van der Waals surface area contributed by atoms with E-state index < -0.39 is 0 Å². The first-order chi connectivity index (χ1) is 7.20. The Morgan fingerprint density at radius 3 is 3.07 bits per heavy atom. The number of nitrogen functional groups attached to an aromatic ring is 1. The van der Waals surface area contributed by atoms with Gasteiger partial charge in [-0.3, -0.25) is 4.57 Å². The third-order valence-corrected chi connectivity index (χ3v) is 2.86. The molecule has 2 atom stereocenters. The van der Waals surface area contributed by atoms with Crippen molar-refractivity contribution in [3.8, 4) is 0 Å². The summed E-state index contributed by atoms with van der Waals surface area (Å²) in [6.45, 7) is 0. The van der Waals surface area contributed by atoms with E-state index in [1.165, 1.54) is 4.57 Å². The molecule has 2 rings (SSSR count). The molecular formula is C9H13N3O2S. The molecule has 0 aromatic carbocycles. The van der Waals surface area contributed by atoms with E-state index in [0.717, 1.165) is 12.8 Å². The van der Waals surface area contributed by atoms with E-state index in [0.29, 0.717) is 5.75 Å². The number of hydrogen-bond acceptors (Lipinski definition) is 5. The first-order valence-corrected chi connectivity index (χ1v) is 5.45. The summed E-state index contributed by atoms with van der Waals surface area (Å²) < 4.78 is 7.10. The van der Waals surface area contributed by atoms with Gasteiger partial charge in [-0.25, -0.2) is 4.79 Å². The second-order valence-corrected chi connectivity index (χ2v) is 3.88. The summed E-state index contributed by atoms with van der Waals surface area (Å²) in [6, 6.07) is 1.60. The average Bonchev–Trinajstić information content (AvgIpc) is 2.66. The van der Waals surface area contributed by atoms with Gasteiger partial charge >= 0.3 is 5.69 Å². The summed E-state index contributed by atoms with van der Waals surface area (Å²) in [5.74, 6) is 0.910. The van der Waals surface area contributed by atoms with E-state index in [2.05, 4.69) is 17.6 Å². The van der Waals surface area contributed by atoms with Gasteiger partial charge in [0.15, 0.2) is 0 Å². The number of nitrogens with two attached hydrogens (primary N) is 1. The number of rotatable bonds is 2. The van der Waals surface area contributed by atoms with Crippen LogP contribution in [0.3, 0.4) is 0 Å². The van der Waals surface area contributed by atoms with E-state index in [1.54, 1.807) is 12.3 Å². The maximum atomic E-state index is 11.5. The summed E-state index contributed by atoms with van der Waals surface area (Å²) >= 11 is 4.16. The number of aromatic nitrogens is 2. The molecule has 82 valence electrons. The van der Waals surface area contributed by atoms with Crippen LogP contribution < -0.4 is 11.4 Å². The lowest BCUT2D eigenvalue weighted by atomic mass is 10.2. The predicted molar refractivity (Wildman–Crippen MR) is 59.9 cm³/mol. The minimum Gasteiger partial charge on any atom is -0.383 e. The van der Waals surface area contributed by atoms with Crippen LogP contribution in [-0.4, -0.2) is 21.4 Å². The van der Waals surface area contributed by atoms with Crippen LogP contribution in [0, 0.1) is 0 Å². The van der Waals surface area contributed by atoms with Crippen molar-refractivity contribution in [1.82, 2.24) is 9.55 Å². The second-order valence-electron chi connectivity index (χ2n) is 3.51. The van der Waals surface area contributed by atoms with Crippen LogP contribution in [0.15, 0.2) is 17.1 Å². The minimum absolute atomic E-state index is 0.128. The fraction of sp³-hybridized carbons (Fsp3) is 0.556. The summed E-state index contributed by atoms with van der Waals surface area (Å²) in [5, 5.41) is 0. The van der Waals surface area contributed by atoms with Gasteiger partial charge in [0, 0.05) is 11.9 Å². The van der Waals surface area contributed by atoms with Crippen molar-refractivity contribution >= 4 is 18.4 Å². The van der Waals surface area contributed by atoms with Gasteiger partial charge in [0.2, 0.25) is 0 Å². The number of thiol groups is 1. The van der Waals surface area contributed by atoms with Crippen LogP contribution in [0.5, 0.6) is 0 Å². The molecule has 1 aliphatic rings. The van der Waals surface area contributed by atoms with E-state index >= 15 is 0 Å². The summed E-state index contributed by atoms with van der Waals surface area (Å²) in [6.07, 6.45) is 3.27. The Morgan fingerprint density at radius 1 is 1.67 bits per heavy atom. The fourth-order valence-corrected chi connectivity index (χ4v) is 1.94. The number of hydrogen-bond donors (Lipinski definition) is 2. The Hall–Kier alpha value is -1.01. The topological polar surface area (TPSA) is 70.1 Å². The molecule has 6 heteroatoms. The summed E-state index contributed by atoms with van der Waals surface area (Å²) in [7, 11) is 0. The molecule has 1 fully saturated rings. The summed E-state index contributed by atoms with van der Waals surface area (Å²) in [5.41, 5.74) is 5.04. The highest BCUT2D eigenvalue weighted by atomic mass is 32.1. The second kappa shape index (κ2) is 4.24. The largest absolute Gasteiger partial charge is 0.383 e. The minimum atomic E-state index is -0.361. The monoisotopic (exact) mass is 227 g/mol. The van der Waals surface area contributed by atoms with Crippen molar-refractivity contribution < 1.29 is 4.74 Å². The third kappa shape index (κ3) is 2.15. The smallest absolute Gasteiger partial charge is 0.351 e. The zero-order valence-corrected chi connectivity index (χ0v) is 9.06. The molecule has 15 heavy (non-hydrogen) atoms. The highest BCUT2D eigenvalue weighted by Gasteiger charge is 2.26. The maximum absolute atomic E-state index is 11.5. The van der Waals surface area contributed by atoms with Crippen molar-refractivity contribution in [2.45, 2.75) is 25.2 Å². The molecule has 0 bridgehead atoms. The van der Waals surface area contributed by atoms with Crippen molar-refractivity contribution in [3.05, 3.63) is 22.7 Å². The van der Waals surface area contributed by atoms with Gasteiger partial charge in [-0.1, -0.05) is 0 Å². The zero-order chi connectivity index (χ0) is 10.8. The van der Waals surface area contributed by atoms with Crippen LogP contribution in [0.4, 0.5) is 5.82 Å². The molecule has 0 amide bonds. The lowest BCUT2D eigenvalue weighted by molar-refractivity contribution is 0.0103. The quantitative estimate of drug-likeness (QED) is 0.719. The van der Waals surface area contributed by atoms with Crippen molar-refractivity contribution in [1.29, 1.82) is 0 Å². The van der Waals surface area contributed by atoms with Gasteiger partial charge in [-0.2, -0.15) is 17.6 Å². The van der Waals surface area contributed by atoms with Gasteiger partial charge in [0.05, 0.1) is 6.10 Å². The van der Waals surface area contributed by atoms with Crippen molar-refractivity contribution in [3.63, 3.8) is 0 Å². The molecule has 0 saturated carbocycles. The van der Waals surface area contributed by atoms with E-state index in [9.17, 15) is 4.79 Å². The lowest BCUT2D eigenvalue weighted by Crippen LogP contribution is -2.27. The molecule has 0 radical (unpaired) electrons. The van der Waals surface area contributed by atoms with Gasteiger partial charge in [-0.15, -0.1) is 0 Å². The molecule has 1 saturated heterocycles. The molecule has 1 aromatic rings. The Morgan fingerprint density at radius 2 is 2.47 bits per heavy atom. The molecule has 2 heterocycles. The maximum Gasteiger partial charge on any atom is 0.351 e. The normalized spacial score (nSPS) is 25.7. The molecule has 5 nitrogen and oxygen atoms in total. The van der Waals surface area contributed by atoms with Crippen molar-refractivity contribution in [2.24, 2.45) is 0 Å². The number of ether oxygens (including phenoxy) is 1. The highest BCUT2D eigenvalue weighted by Crippen LogP contribution is 2.27. The molecule has 0 aliphatic carbocycles. The van der Waals surface area contributed by atoms with Crippen LogP contribution in [-0.2, 0) is 4.74 Å². The van der Waals surface area contributed by atoms with Gasteiger partial charge < -0.3 is 10.5 Å². The van der Waals surface area contributed by atoms with Gasteiger partial charge in [0.1, 0.15) is 12.0 Å². The van der Waals surface area contributed by atoms with Crippen molar-refractivity contribution in [2.75, 3.05) is 11.5 Å². The Kier molecular flexibility index (Phi) is 2.97. The third-order valence-electron chi connectivity index (χ3n) is 2.45. The molecule has 1 aliphatic heterocycles. The number of anilines is 1. The van der Waals surface area contributed by atoms with Crippen LogP contribution in [0.25, 0.3) is 0 Å². The summed E-state index contributed by atoms with van der Waals surface area (Å²) in [4.78, 5) is 15.1. The lowest BCUT2D eigenvalue weighted by Gasteiger charge is -2.14. The van der Waals surface area contributed by atoms with E-state index in [-0.39, 0.29) is 23.8 Å². The molecule has 0 spiro atoms. The van der Waals surface area contributed by atoms with Gasteiger partial charge in [0.25, 0.3) is 0 Å². The van der Waals surface area contributed by atoms with E-state index in [1.807, 2.05) is 0 Å². The standard InChI is InChI=1S/C9H13N3O2S/c10-7-3-4-12(9(13)11-7)8-2-1-6(5-15)14-8/h3-4,6,8,15H,1-2,5H2,(H2,10,11,13). The molecule has 1 aromatic heterocycles. The highest BCUT2D eigenvalue weighted by molar-refractivity contribution is 7.80. The van der Waals surface area contributed by atoms with E-state index in [4.69, 9.17) is 10.5 Å².